The molecule has 1 heterocycles. The summed E-state index contributed by atoms with van der Waals surface area (Å²) in [5.74, 6) is 0.434. The number of aromatic nitrogens is 1. The third-order valence-electron chi connectivity index (χ3n) is 2.09. The average molecular weight is 306 g/mol. The summed E-state index contributed by atoms with van der Waals surface area (Å²) in [5.41, 5.74) is 0.591. The molecule has 0 radical (unpaired) electrons. The Labute approximate surface area is 109 Å². The monoisotopic (exact) mass is 304 g/mol. The molecule has 0 atom stereocenters. The Balaban J connectivity index is 2.81. The molecule has 88 valence electrons. The van der Waals surface area contributed by atoms with E-state index in [2.05, 4.69) is 20.9 Å². The molecular weight excluding hydrogens is 291 g/mol. The van der Waals surface area contributed by atoms with Gasteiger partial charge in [0.1, 0.15) is 0 Å². The number of alkyl halides is 1. The normalized spacial score (nSPS) is 10.2. The van der Waals surface area contributed by atoms with E-state index in [1.165, 1.54) is 0 Å². The minimum absolute atomic E-state index is 0.0173. The highest BCUT2D eigenvalue weighted by atomic mass is 79.9. The van der Waals surface area contributed by atoms with Crippen LogP contribution in [-0.2, 0) is 0 Å². The van der Waals surface area contributed by atoms with Gasteiger partial charge in [-0.05, 0) is 28.4 Å². The van der Waals surface area contributed by atoms with Gasteiger partial charge < -0.3 is 4.90 Å². The number of rotatable bonds is 5. The smallest absolute Gasteiger partial charge is 0.255 e. The highest BCUT2D eigenvalue weighted by molar-refractivity contribution is 9.10. The molecule has 5 heteroatoms. The Morgan fingerprint density at radius 1 is 1.50 bits per heavy atom. The van der Waals surface area contributed by atoms with Crippen LogP contribution in [0.5, 0.6) is 0 Å². The topological polar surface area (TPSA) is 33.2 Å². The summed E-state index contributed by atoms with van der Waals surface area (Å²) >= 11 is 8.97. The van der Waals surface area contributed by atoms with Crippen molar-refractivity contribution in [3.8, 4) is 0 Å². The first-order chi connectivity index (χ1) is 7.69. The fourth-order valence-electron chi connectivity index (χ4n) is 1.40. The lowest BCUT2D eigenvalue weighted by Crippen LogP contribution is -2.33. The van der Waals surface area contributed by atoms with Gasteiger partial charge in [-0.15, -0.1) is 11.6 Å². The summed E-state index contributed by atoms with van der Waals surface area (Å²) in [4.78, 5) is 17.8. The molecule has 0 aliphatic carbocycles. The Kier molecular flexibility index (Phi) is 5.77. The molecule has 1 rings (SSSR count). The number of pyridine rings is 1. The van der Waals surface area contributed by atoms with E-state index in [9.17, 15) is 4.79 Å². The minimum Gasteiger partial charge on any atom is -0.337 e. The van der Waals surface area contributed by atoms with E-state index in [-0.39, 0.29) is 5.91 Å². The van der Waals surface area contributed by atoms with E-state index in [0.717, 1.165) is 17.4 Å². The second kappa shape index (κ2) is 6.86. The van der Waals surface area contributed by atoms with Gasteiger partial charge in [0.25, 0.3) is 5.91 Å². The number of hydrogen-bond donors (Lipinski definition) is 0. The molecule has 3 nitrogen and oxygen atoms in total. The molecule has 16 heavy (non-hydrogen) atoms. The van der Waals surface area contributed by atoms with Crippen LogP contribution in [0.1, 0.15) is 23.7 Å². The van der Waals surface area contributed by atoms with Crippen molar-refractivity contribution in [2.24, 2.45) is 0 Å². The molecule has 1 aromatic heterocycles. The third-order valence-corrected chi connectivity index (χ3v) is 2.69. The molecule has 0 bridgehead atoms. The maximum Gasteiger partial charge on any atom is 0.255 e. The maximum atomic E-state index is 12.1. The predicted octanol–water partition coefficient (Wildman–Crippen LogP) is 2.94. The molecule has 0 aromatic carbocycles. The van der Waals surface area contributed by atoms with Gasteiger partial charge in [0, 0.05) is 35.8 Å². The molecule has 0 saturated heterocycles. The largest absolute Gasteiger partial charge is 0.337 e. The minimum atomic E-state index is -0.0173. The van der Waals surface area contributed by atoms with Gasteiger partial charge >= 0.3 is 0 Å². The highest BCUT2D eigenvalue weighted by Crippen LogP contribution is 2.12. The summed E-state index contributed by atoms with van der Waals surface area (Å²) in [6.07, 6.45) is 4.15. The second-order valence-electron chi connectivity index (χ2n) is 3.37. The zero-order chi connectivity index (χ0) is 12.0. The van der Waals surface area contributed by atoms with Crippen molar-refractivity contribution in [1.82, 2.24) is 9.88 Å². The van der Waals surface area contributed by atoms with Crippen LogP contribution in [0.15, 0.2) is 22.9 Å². The number of carbonyl (C=O) groups excluding carboxylic acids is 1. The molecule has 0 aliphatic rings. The van der Waals surface area contributed by atoms with Crippen molar-refractivity contribution >= 4 is 33.4 Å². The van der Waals surface area contributed by atoms with Crippen molar-refractivity contribution < 1.29 is 4.79 Å². The first-order valence-electron chi connectivity index (χ1n) is 5.14. The van der Waals surface area contributed by atoms with Gasteiger partial charge in [-0.3, -0.25) is 9.78 Å². The van der Waals surface area contributed by atoms with Gasteiger partial charge in [0.2, 0.25) is 0 Å². The van der Waals surface area contributed by atoms with Gasteiger partial charge in [0.05, 0.1) is 5.56 Å². The summed E-state index contributed by atoms with van der Waals surface area (Å²) < 4.78 is 0.806. The van der Waals surface area contributed by atoms with Crippen LogP contribution in [0.3, 0.4) is 0 Å². The summed E-state index contributed by atoms with van der Waals surface area (Å²) in [7, 11) is 0. The molecule has 0 spiro atoms. The zero-order valence-electron chi connectivity index (χ0n) is 9.12. The van der Waals surface area contributed by atoms with Crippen molar-refractivity contribution in [2.75, 3.05) is 19.0 Å². The molecule has 0 saturated carbocycles. The first kappa shape index (κ1) is 13.5. The number of carbonyl (C=O) groups is 1. The molecule has 0 N–H and O–H groups in total. The van der Waals surface area contributed by atoms with Crippen LogP contribution in [-0.4, -0.2) is 34.8 Å². The molecule has 1 amide bonds. The Morgan fingerprint density at radius 2 is 2.25 bits per heavy atom. The predicted molar refractivity (Wildman–Crippen MR) is 68.9 cm³/mol. The highest BCUT2D eigenvalue weighted by Gasteiger charge is 2.14. The Bertz CT molecular complexity index is 354. The van der Waals surface area contributed by atoms with E-state index in [1.54, 1.807) is 23.4 Å². The van der Waals surface area contributed by atoms with Crippen LogP contribution in [0.2, 0.25) is 0 Å². The maximum absolute atomic E-state index is 12.1. The second-order valence-corrected chi connectivity index (χ2v) is 4.67. The first-order valence-corrected chi connectivity index (χ1v) is 6.47. The van der Waals surface area contributed by atoms with Gasteiger partial charge in [0.15, 0.2) is 0 Å². The van der Waals surface area contributed by atoms with Crippen molar-refractivity contribution in [2.45, 2.75) is 13.3 Å². The number of nitrogens with zero attached hydrogens (tertiary/aromatic N) is 2. The van der Waals surface area contributed by atoms with Crippen molar-refractivity contribution in [1.29, 1.82) is 0 Å². The molecule has 0 aliphatic heterocycles. The quantitative estimate of drug-likeness (QED) is 0.784. The summed E-state index contributed by atoms with van der Waals surface area (Å²) in [5, 5.41) is 0. The summed E-state index contributed by atoms with van der Waals surface area (Å²) in [6.45, 7) is 3.33. The van der Waals surface area contributed by atoms with Gasteiger partial charge in [-0.1, -0.05) is 6.92 Å². The van der Waals surface area contributed by atoms with Crippen LogP contribution in [0.4, 0.5) is 0 Å². The van der Waals surface area contributed by atoms with Crippen LogP contribution in [0.25, 0.3) is 0 Å². The lowest BCUT2D eigenvalue weighted by molar-refractivity contribution is 0.0765. The van der Waals surface area contributed by atoms with Crippen LogP contribution < -0.4 is 0 Å². The SMILES string of the molecule is CCCN(CCCl)C(=O)c1cncc(Br)c1. The number of amides is 1. The fourth-order valence-corrected chi connectivity index (χ4v) is 1.97. The lowest BCUT2D eigenvalue weighted by atomic mass is 10.2. The Morgan fingerprint density at radius 3 is 2.81 bits per heavy atom. The van der Waals surface area contributed by atoms with Crippen LogP contribution in [0, 0.1) is 0 Å². The Hall–Kier alpha value is -0.610. The fraction of sp³-hybridized carbons (Fsp3) is 0.455. The number of halogens is 2. The van der Waals surface area contributed by atoms with E-state index in [0.29, 0.717) is 18.0 Å². The average Bonchev–Trinajstić information content (AvgIpc) is 2.28. The molecule has 1 aromatic rings. The van der Waals surface area contributed by atoms with Crippen molar-refractivity contribution in [3.05, 3.63) is 28.5 Å². The lowest BCUT2D eigenvalue weighted by Gasteiger charge is -2.20. The standard InChI is InChI=1S/C11H14BrClN2O/c1-2-4-15(5-3-13)11(16)9-6-10(12)8-14-7-9/h6-8H,2-5H2,1H3. The van der Waals surface area contributed by atoms with Gasteiger partial charge in [-0.25, -0.2) is 0 Å². The molecule has 0 unspecified atom stereocenters. The number of hydrogen-bond acceptors (Lipinski definition) is 2. The van der Waals surface area contributed by atoms with E-state index < -0.39 is 0 Å². The van der Waals surface area contributed by atoms with Crippen LogP contribution >= 0.6 is 27.5 Å². The molecular formula is C11H14BrClN2O. The molecule has 0 fully saturated rings. The zero-order valence-corrected chi connectivity index (χ0v) is 11.5. The van der Waals surface area contributed by atoms with E-state index >= 15 is 0 Å². The van der Waals surface area contributed by atoms with Crippen molar-refractivity contribution in [3.63, 3.8) is 0 Å². The van der Waals surface area contributed by atoms with E-state index in [4.69, 9.17) is 11.6 Å². The third kappa shape index (κ3) is 3.76. The van der Waals surface area contributed by atoms with E-state index in [1.807, 2.05) is 6.92 Å². The van der Waals surface area contributed by atoms with Gasteiger partial charge in [-0.2, -0.15) is 0 Å². The summed E-state index contributed by atoms with van der Waals surface area (Å²) in [6, 6.07) is 1.77.